The van der Waals surface area contributed by atoms with Gasteiger partial charge in [0.05, 0.1) is 6.61 Å². The minimum atomic E-state index is -0.272. The van der Waals surface area contributed by atoms with E-state index in [1.54, 1.807) is 11.9 Å². The standard InChI is InChI=1S/C19H24N2O2/c1-3-23-17-11-9-15(10-12-17)14-21(2)19(22)13-18(20)16-7-5-4-6-8-16/h4-12,18H,3,13-14,20H2,1-2H3. The molecule has 0 bridgehead atoms. The quantitative estimate of drug-likeness (QED) is 0.854. The van der Waals surface area contributed by atoms with E-state index in [0.29, 0.717) is 19.6 Å². The van der Waals surface area contributed by atoms with E-state index in [-0.39, 0.29) is 11.9 Å². The highest BCUT2D eigenvalue weighted by molar-refractivity contribution is 5.76. The van der Waals surface area contributed by atoms with Crippen molar-refractivity contribution in [2.75, 3.05) is 13.7 Å². The number of carbonyl (C=O) groups is 1. The molecule has 0 radical (unpaired) electrons. The number of nitrogens with zero attached hydrogens (tertiary/aromatic N) is 1. The summed E-state index contributed by atoms with van der Waals surface area (Å²) in [4.78, 5) is 14.0. The third-order valence-electron chi connectivity index (χ3n) is 3.70. The highest BCUT2D eigenvalue weighted by Crippen LogP contribution is 2.16. The Hall–Kier alpha value is -2.33. The van der Waals surface area contributed by atoms with E-state index in [9.17, 15) is 4.79 Å². The first-order valence-electron chi connectivity index (χ1n) is 7.86. The summed E-state index contributed by atoms with van der Waals surface area (Å²) < 4.78 is 5.42. The van der Waals surface area contributed by atoms with Crippen molar-refractivity contribution >= 4 is 5.91 Å². The molecular weight excluding hydrogens is 288 g/mol. The Labute approximate surface area is 137 Å². The number of benzene rings is 2. The van der Waals surface area contributed by atoms with Gasteiger partial charge in [-0.1, -0.05) is 42.5 Å². The zero-order chi connectivity index (χ0) is 16.7. The maximum atomic E-state index is 12.3. The van der Waals surface area contributed by atoms with Crippen LogP contribution in [0.15, 0.2) is 54.6 Å². The summed E-state index contributed by atoms with van der Waals surface area (Å²) in [5.74, 6) is 0.881. The minimum Gasteiger partial charge on any atom is -0.494 e. The smallest absolute Gasteiger partial charge is 0.224 e. The molecule has 0 saturated heterocycles. The normalized spacial score (nSPS) is 11.8. The third-order valence-corrected chi connectivity index (χ3v) is 3.70. The molecule has 0 fully saturated rings. The van der Waals surface area contributed by atoms with Gasteiger partial charge in [-0.05, 0) is 30.2 Å². The van der Waals surface area contributed by atoms with Crippen LogP contribution in [0.2, 0.25) is 0 Å². The Morgan fingerprint density at radius 2 is 1.78 bits per heavy atom. The van der Waals surface area contributed by atoms with E-state index in [1.807, 2.05) is 61.5 Å². The van der Waals surface area contributed by atoms with Crippen molar-refractivity contribution in [3.05, 3.63) is 65.7 Å². The summed E-state index contributed by atoms with van der Waals surface area (Å²) in [6.07, 6.45) is 0.303. The van der Waals surface area contributed by atoms with Crippen LogP contribution in [0.4, 0.5) is 0 Å². The van der Waals surface area contributed by atoms with E-state index in [0.717, 1.165) is 16.9 Å². The summed E-state index contributed by atoms with van der Waals surface area (Å²) in [5, 5.41) is 0. The molecule has 122 valence electrons. The molecule has 2 aromatic carbocycles. The molecule has 1 unspecified atom stereocenters. The topological polar surface area (TPSA) is 55.6 Å². The van der Waals surface area contributed by atoms with Gasteiger partial charge in [0.2, 0.25) is 5.91 Å². The number of amides is 1. The Morgan fingerprint density at radius 3 is 2.39 bits per heavy atom. The monoisotopic (exact) mass is 312 g/mol. The number of rotatable bonds is 7. The van der Waals surface area contributed by atoms with Gasteiger partial charge in [-0.15, -0.1) is 0 Å². The minimum absolute atomic E-state index is 0.0373. The van der Waals surface area contributed by atoms with Crippen LogP contribution >= 0.6 is 0 Å². The molecule has 2 N–H and O–H groups in total. The number of nitrogens with two attached hydrogens (primary N) is 1. The summed E-state index contributed by atoms with van der Waals surface area (Å²) in [6.45, 7) is 3.16. The highest BCUT2D eigenvalue weighted by atomic mass is 16.5. The predicted octanol–water partition coefficient (Wildman–Crippen LogP) is 3.13. The lowest BCUT2D eigenvalue weighted by atomic mass is 10.0. The van der Waals surface area contributed by atoms with Gasteiger partial charge in [0.15, 0.2) is 0 Å². The third kappa shape index (κ3) is 5.11. The molecule has 4 heteroatoms. The van der Waals surface area contributed by atoms with E-state index < -0.39 is 0 Å². The molecule has 1 amide bonds. The first-order valence-corrected chi connectivity index (χ1v) is 7.86. The van der Waals surface area contributed by atoms with Crippen LogP contribution in [0.25, 0.3) is 0 Å². The zero-order valence-corrected chi connectivity index (χ0v) is 13.7. The molecule has 0 aliphatic rings. The van der Waals surface area contributed by atoms with Crippen LogP contribution in [0.1, 0.15) is 30.5 Å². The Balaban J connectivity index is 1.89. The van der Waals surface area contributed by atoms with Crippen molar-refractivity contribution in [3.8, 4) is 5.75 Å². The van der Waals surface area contributed by atoms with Gasteiger partial charge in [0, 0.05) is 26.1 Å². The van der Waals surface area contributed by atoms with Gasteiger partial charge in [-0.25, -0.2) is 0 Å². The Morgan fingerprint density at radius 1 is 1.13 bits per heavy atom. The maximum absolute atomic E-state index is 12.3. The van der Waals surface area contributed by atoms with Gasteiger partial charge in [0.25, 0.3) is 0 Å². The zero-order valence-electron chi connectivity index (χ0n) is 13.7. The average Bonchev–Trinajstić information content (AvgIpc) is 2.57. The maximum Gasteiger partial charge on any atom is 0.224 e. The second-order valence-electron chi connectivity index (χ2n) is 5.55. The van der Waals surface area contributed by atoms with Gasteiger partial charge in [-0.2, -0.15) is 0 Å². The fourth-order valence-corrected chi connectivity index (χ4v) is 2.38. The molecule has 2 aromatic rings. The first kappa shape index (κ1) is 17.0. The second-order valence-corrected chi connectivity index (χ2v) is 5.55. The van der Waals surface area contributed by atoms with Crippen molar-refractivity contribution in [1.29, 1.82) is 0 Å². The van der Waals surface area contributed by atoms with E-state index in [2.05, 4.69) is 0 Å². The van der Waals surface area contributed by atoms with Gasteiger partial charge >= 0.3 is 0 Å². The summed E-state index contributed by atoms with van der Waals surface area (Å²) >= 11 is 0. The average molecular weight is 312 g/mol. The van der Waals surface area contributed by atoms with Crippen molar-refractivity contribution in [2.24, 2.45) is 5.73 Å². The molecule has 0 aliphatic heterocycles. The van der Waals surface area contributed by atoms with Gasteiger partial charge in [0.1, 0.15) is 5.75 Å². The molecule has 0 spiro atoms. The number of carbonyl (C=O) groups excluding carboxylic acids is 1. The van der Waals surface area contributed by atoms with E-state index in [1.165, 1.54) is 0 Å². The Kier molecular flexibility index (Phi) is 6.18. The number of hydrogen-bond acceptors (Lipinski definition) is 3. The van der Waals surface area contributed by atoms with Gasteiger partial charge in [-0.3, -0.25) is 4.79 Å². The van der Waals surface area contributed by atoms with Crippen molar-refractivity contribution in [2.45, 2.75) is 25.9 Å². The predicted molar refractivity (Wildman–Crippen MR) is 92.1 cm³/mol. The molecule has 23 heavy (non-hydrogen) atoms. The number of ether oxygens (including phenoxy) is 1. The van der Waals surface area contributed by atoms with Crippen molar-refractivity contribution in [1.82, 2.24) is 4.90 Å². The van der Waals surface area contributed by atoms with Crippen LogP contribution in [-0.2, 0) is 11.3 Å². The highest BCUT2D eigenvalue weighted by Gasteiger charge is 2.15. The van der Waals surface area contributed by atoms with Gasteiger partial charge < -0.3 is 15.4 Å². The largest absolute Gasteiger partial charge is 0.494 e. The van der Waals surface area contributed by atoms with Crippen LogP contribution < -0.4 is 10.5 Å². The fourth-order valence-electron chi connectivity index (χ4n) is 2.38. The lowest BCUT2D eigenvalue weighted by Gasteiger charge is -2.20. The van der Waals surface area contributed by atoms with Crippen LogP contribution in [0.3, 0.4) is 0 Å². The van der Waals surface area contributed by atoms with E-state index in [4.69, 9.17) is 10.5 Å². The molecule has 0 saturated carbocycles. The Bertz CT molecular complexity index is 611. The number of hydrogen-bond donors (Lipinski definition) is 1. The van der Waals surface area contributed by atoms with E-state index >= 15 is 0 Å². The van der Waals surface area contributed by atoms with Crippen molar-refractivity contribution < 1.29 is 9.53 Å². The van der Waals surface area contributed by atoms with Crippen molar-refractivity contribution in [3.63, 3.8) is 0 Å². The lowest BCUT2D eigenvalue weighted by Crippen LogP contribution is -2.29. The second kappa shape index (κ2) is 8.34. The molecule has 1 atom stereocenters. The molecule has 0 aliphatic carbocycles. The molecule has 4 nitrogen and oxygen atoms in total. The molecular formula is C19H24N2O2. The summed E-state index contributed by atoms with van der Waals surface area (Å²) in [5.41, 5.74) is 8.17. The molecule has 2 rings (SSSR count). The van der Waals surface area contributed by atoms with Crippen LogP contribution in [-0.4, -0.2) is 24.5 Å². The lowest BCUT2D eigenvalue weighted by molar-refractivity contribution is -0.130. The fraction of sp³-hybridized carbons (Fsp3) is 0.316. The SMILES string of the molecule is CCOc1ccc(CN(C)C(=O)CC(N)c2ccccc2)cc1. The first-order chi connectivity index (χ1) is 11.1. The van der Waals surface area contributed by atoms with Crippen LogP contribution in [0, 0.1) is 0 Å². The molecule has 0 heterocycles. The summed E-state index contributed by atoms with van der Waals surface area (Å²) in [6, 6.07) is 17.2. The molecule has 0 aromatic heterocycles. The van der Waals surface area contributed by atoms with Crippen LogP contribution in [0.5, 0.6) is 5.75 Å². The summed E-state index contributed by atoms with van der Waals surface area (Å²) in [7, 11) is 1.80.